The molecule has 2 N–H and O–H groups in total. The third-order valence-electron chi connectivity index (χ3n) is 5.80. The highest BCUT2D eigenvalue weighted by Crippen LogP contribution is 2.24. The molecule has 0 fully saturated rings. The molecule has 1 amide bonds. The molecule has 0 atom stereocenters. The van der Waals surface area contributed by atoms with Gasteiger partial charge in [0.2, 0.25) is 0 Å². The van der Waals surface area contributed by atoms with E-state index in [1.54, 1.807) is 6.21 Å². The van der Waals surface area contributed by atoms with E-state index in [0.717, 1.165) is 27.5 Å². The number of fused-ring (bicyclic) bond motifs is 1. The van der Waals surface area contributed by atoms with Crippen LogP contribution in [0.4, 0.5) is 0 Å². The topological polar surface area (TPSA) is 70.9 Å². The van der Waals surface area contributed by atoms with E-state index in [0.29, 0.717) is 24.7 Å². The number of carbonyl (C=O) groups is 1. The smallest absolute Gasteiger partial charge is 0.271 e. The van der Waals surface area contributed by atoms with Crippen molar-refractivity contribution in [2.45, 2.75) is 33.0 Å². The van der Waals surface area contributed by atoms with Gasteiger partial charge < -0.3 is 9.84 Å². The normalized spacial score (nSPS) is 11.4. The zero-order chi connectivity index (χ0) is 24.8. The second-order valence-electron chi connectivity index (χ2n) is 8.61. The number of carbonyl (C=O) groups excluding carboxylic acids is 1. The van der Waals surface area contributed by atoms with E-state index in [9.17, 15) is 9.90 Å². The molecule has 4 rings (SSSR count). The molecule has 6 heteroatoms. The lowest BCUT2D eigenvalue weighted by atomic mass is 10.0. The average molecular weight is 487 g/mol. The fraction of sp³-hybridized carbons (Fsp3) is 0.172. The Labute approximate surface area is 210 Å². The second kappa shape index (κ2) is 11.2. The van der Waals surface area contributed by atoms with Crippen molar-refractivity contribution < 1.29 is 14.6 Å². The summed E-state index contributed by atoms with van der Waals surface area (Å²) in [6, 6.07) is 24.8. The summed E-state index contributed by atoms with van der Waals surface area (Å²) >= 11 is 5.88. The number of halogens is 1. The zero-order valence-corrected chi connectivity index (χ0v) is 20.4. The maximum atomic E-state index is 12.3. The van der Waals surface area contributed by atoms with Gasteiger partial charge in [0.25, 0.3) is 5.91 Å². The first kappa shape index (κ1) is 24.5. The Balaban J connectivity index is 1.43. The van der Waals surface area contributed by atoms with Gasteiger partial charge in [-0.25, -0.2) is 5.43 Å². The van der Waals surface area contributed by atoms with E-state index >= 15 is 0 Å². The minimum absolute atomic E-state index is 0.0775. The number of phenolic OH excluding ortho intramolecular Hbond substituents is 1. The molecule has 0 bridgehead atoms. The molecule has 5 nitrogen and oxygen atoms in total. The molecule has 0 radical (unpaired) electrons. The predicted octanol–water partition coefficient (Wildman–Crippen LogP) is 6.80. The highest BCUT2D eigenvalue weighted by atomic mass is 35.5. The van der Waals surface area contributed by atoms with Gasteiger partial charge in [-0.05, 0) is 51.6 Å². The highest BCUT2D eigenvalue weighted by molar-refractivity contribution is 6.32. The van der Waals surface area contributed by atoms with Crippen LogP contribution in [0.15, 0.2) is 84.0 Å². The van der Waals surface area contributed by atoms with Crippen LogP contribution in [-0.2, 0) is 18.0 Å². The maximum absolute atomic E-state index is 12.3. The van der Waals surface area contributed by atoms with Crippen molar-refractivity contribution in [2.75, 3.05) is 0 Å². The van der Waals surface area contributed by atoms with Crippen LogP contribution in [-0.4, -0.2) is 17.2 Å². The van der Waals surface area contributed by atoms with Gasteiger partial charge in [-0.2, -0.15) is 5.10 Å². The van der Waals surface area contributed by atoms with Gasteiger partial charge in [0.05, 0.1) is 24.5 Å². The van der Waals surface area contributed by atoms with Crippen molar-refractivity contribution in [2.24, 2.45) is 5.10 Å². The van der Waals surface area contributed by atoms with Crippen molar-refractivity contribution in [3.05, 3.63) is 112 Å². The average Bonchev–Trinajstić information content (AvgIpc) is 2.87. The first-order chi connectivity index (χ1) is 16.9. The first-order valence-electron chi connectivity index (χ1n) is 11.4. The number of hydrogen-bond donors (Lipinski definition) is 2. The van der Waals surface area contributed by atoms with E-state index in [2.05, 4.69) is 54.7 Å². The Morgan fingerprint density at radius 2 is 1.74 bits per heavy atom. The molecular formula is C29H27ClN2O3. The fourth-order valence-corrected chi connectivity index (χ4v) is 3.95. The number of hydrazone groups is 1. The van der Waals surface area contributed by atoms with Crippen LogP contribution in [0.3, 0.4) is 0 Å². The Bertz CT molecular complexity index is 1360. The molecule has 0 aliphatic carbocycles. The molecule has 0 heterocycles. The SMILES string of the molecule is CC(C)c1ccc(COCc2ccc(/C=N/NC(=O)c3ccc(O)c(Cl)c3)c3ccccc23)cc1. The monoisotopic (exact) mass is 486 g/mol. The maximum Gasteiger partial charge on any atom is 0.271 e. The zero-order valence-electron chi connectivity index (χ0n) is 19.7. The van der Waals surface area contributed by atoms with Gasteiger partial charge in [0.15, 0.2) is 0 Å². The third-order valence-corrected chi connectivity index (χ3v) is 6.10. The van der Waals surface area contributed by atoms with Crippen LogP contribution in [0.2, 0.25) is 5.02 Å². The van der Waals surface area contributed by atoms with Crippen molar-refractivity contribution in [1.29, 1.82) is 0 Å². The van der Waals surface area contributed by atoms with Gasteiger partial charge in [0, 0.05) is 11.1 Å². The summed E-state index contributed by atoms with van der Waals surface area (Å²) in [5, 5.41) is 15.8. The van der Waals surface area contributed by atoms with Gasteiger partial charge in [-0.1, -0.05) is 86.1 Å². The standard InChI is InChI=1S/C29H27ClN2O3/c1-19(2)21-9-7-20(8-10-21)17-35-18-24-12-11-23(25-5-3-4-6-26(24)25)16-31-32-29(34)22-13-14-28(33)27(30)15-22/h3-16,19,33H,17-18H2,1-2H3,(H,32,34)/b31-16+. The van der Waals surface area contributed by atoms with Gasteiger partial charge >= 0.3 is 0 Å². The molecule has 0 aromatic heterocycles. The number of benzene rings is 4. The Hall–Kier alpha value is -3.67. The Morgan fingerprint density at radius 3 is 2.46 bits per heavy atom. The number of aromatic hydroxyl groups is 1. The van der Waals surface area contributed by atoms with E-state index in [-0.39, 0.29) is 10.8 Å². The van der Waals surface area contributed by atoms with Crippen molar-refractivity contribution in [3.8, 4) is 5.75 Å². The summed E-state index contributed by atoms with van der Waals surface area (Å²) in [4.78, 5) is 12.3. The number of amides is 1. The molecular weight excluding hydrogens is 460 g/mol. The molecule has 178 valence electrons. The van der Waals surface area contributed by atoms with Crippen LogP contribution in [0.1, 0.15) is 52.4 Å². The Morgan fingerprint density at radius 1 is 1.00 bits per heavy atom. The fourth-order valence-electron chi connectivity index (χ4n) is 3.77. The molecule has 4 aromatic carbocycles. The molecule has 0 saturated carbocycles. The van der Waals surface area contributed by atoms with Crippen molar-refractivity contribution in [3.63, 3.8) is 0 Å². The summed E-state index contributed by atoms with van der Waals surface area (Å²) < 4.78 is 6.01. The van der Waals surface area contributed by atoms with Crippen molar-refractivity contribution in [1.82, 2.24) is 5.43 Å². The minimum Gasteiger partial charge on any atom is -0.506 e. The number of phenols is 1. The largest absolute Gasteiger partial charge is 0.506 e. The lowest BCUT2D eigenvalue weighted by Crippen LogP contribution is -2.17. The number of nitrogens with zero attached hydrogens (tertiary/aromatic N) is 1. The van der Waals surface area contributed by atoms with Crippen LogP contribution in [0, 0.1) is 0 Å². The van der Waals surface area contributed by atoms with Crippen LogP contribution in [0.25, 0.3) is 10.8 Å². The van der Waals surface area contributed by atoms with Crippen molar-refractivity contribution >= 4 is 34.5 Å². The molecule has 0 spiro atoms. The van der Waals surface area contributed by atoms with E-state index in [1.807, 2.05) is 30.3 Å². The van der Waals surface area contributed by atoms with Gasteiger partial charge in [-0.3, -0.25) is 4.79 Å². The number of ether oxygens (including phenoxy) is 1. The number of hydrogen-bond acceptors (Lipinski definition) is 4. The predicted molar refractivity (Wildman–Crippen MR) is 141 cm³/mol. The summed E-state index contributed by atoms with van der Waals surface area (Å²) in [5.74, 6) is 0.0169. The summed E-state index contributed by atoms with van der Waals surface area (Å²) in [5.41, 5.74) is 7.23. The molecule has 0 aliphatic heterocycles. The van der Waals surface area contributed by atoms with Crippen LogP contribution in [0.5, 0.6) is 5.75 Å². The third kappa shape index (κ3) is 6.07. The molecule has 4 aromatic rings. The summed E-state index contributed by atoms with van der Waals surface area (Å²) in [7, 11) is 0. The van der Waals surface area contributed by atoms with Gasteiger partial charge in [-0.15, -0.1) is 0 Å². The highest BCUT2D eigenvalue weighted by Gasteiger charge is 2.09. The quantitative estimate of drug-likeness (QED) is 0.212. The molecule has 0 unspecified atom stereocenters. The molecule has 0 aliphatic rings. The van der Waals surface area contributed by atoms with E-state index in [4.69, 9.17) is 16.3 Å². The minimum atomic E-state index is -0.418. The lowest BCUT2D eigenvalue weighted by molar-refractivity contribution is 0.0955. The molecule has 0 saturated heterocycles. The first-order valence-corrected chi connectivity index (χ1v) is 11.8. The number of rotatable bonds is 8. The van der Waals surface area contributed by atoms with Gasteiger partial charge in [0.1, 0.15) is 5.75 Å². The Kier molecular flexibility index (Phi) is 7.80. The second-order valence-corrected chi connectivity index (χ2v) is 9.02. The molecule has 35 heavy (non-hydrogen) atoms. The van der Waals surface area contributed by atoms with E-state index < -0.39 is 5.91 Å². The summed E-state index contributed by atoms with van der Waals surface area (Å²) in [6.07, 6.45) is 1.61. The summed E-state index contributed by atoms with van der Waals surface area (Å²) in [6.45, 7) is 5.40. The van der Waals surface area contributed by atoms with E-state index in [1.165, 1.54) is 23.8 Å². The lowest BCUT2D eigenvalue weighted by Gasteiger charge is -2.11. The van der Waals surface area contributed by atoms with Crippen LogP contribution < -0.4 is 5.43 Å². The number of nitrogens with one attached hydrogen (secondary N) is 1. The van der Waals surface area contributed by atoms with Crippen LogP contribution >= 0.6 is 11.6 Å².